The van der Waals surface area contributed by atoms with Gasteiger partial charge in [0.15, 0.2) is 17.2 Å². The fourth-order valence-corrected chi connectivity index (χ4v) is 4.49. The second kappa shape index (κ2) is 9.09. The molecule has 0 aromatic heterocycles. The fraction of sp³-hybridized carbons (Fsp3) is 0.259. The van der Waals surface area contributed by atoms with Gasteiger partial charge in [-0.25, -0.2) is 4.99 Å². The molecule has 1 atom stereocenters. The van der Waals surface area contributed by atoms with Crippen molar-refractivity contribution in [3.8, 4) is 23.0 Å². The molecule has 0 radical (unpaired) electrons. The molecule has 174 valence electrons. The summed E-state index contributed by atoms with van der Waals surface area (Å²) in [5, 5.41) is 0. The second-order valence-electron chi connectivity index (χ2n) is 8.37. The van der Waals surface area contributed by atoms with Crippen LogP contribution in [-0.4, -0.2) is 61.4 Å². The third-order valence-corrected chi connectivity index (χ3v) is 6.25. The summed E-state index contributed by atoms with van der Waals surface area (Å²) in [4.78, 5) is 22.4. The van der Waals surface area contributed by atoms with Crippen LogP contribution in [0.1, 0.15) is 22.8 Å². The Bertz CT molecular complexity index is 1260. The van der Waals surface area contributed by atoms with Gasteiger partial charge in [-0.05, 0) is 49.4 Å². The van der Waals surface area contributed by atoms with E-state index in [1.165, 1.54) is 0 Å². The minimum atomic E-state index is -0.0105. The molecule has 1 amide bonds. The number of ether oxygens (including phenoxy) is 3. The highest BCUT2D eigenvalue weighted by atomic mass is 16.5. The molecule has 2 aliphatic rings. The first-order chi connectivity index (χ1) is 16.6. The van der Waals surface area contributed by atoms with Gasteiger partial charge in [-0.3, -0.25) is 4.79 Å². The fourth-order valence-electron chi connectivity index (χ4n) is 4.49. The molecule has 0 spiro atoms. The van der Waals surface area contributed by atoms with Crippen molar-refractivity contribution in [2.75, 3.05) is 33.9 Å². The van der Waals surface area contributed by atoms with Crippen molar-refractivity contribution in [2.24, 2.45) is 4.99 Å². The average molecular weight is 458 g/mol. The molecule has 7 heteroatoms. The third kappa shape index (κ3) is 3.94. The normalized spacial score (nSPS) is 17.0. The third-order valence-electron chi connectivity index (χ3n) is 6.25. The molecular weight excluding hydrogens is 430 g/mol. The first kappa shape index (κ1) is 21.8. The smallest absolute Gasteiger partial charge is 0.254 e. The predicted molar refractivity (Wildman–Crippen MR) is 131 cm³/mol. The van der Waals surface area contributed by atoms with Crippen LogP contribution in [-0.2, 0) is 0 Å². The van der Waals surface area contributed by atoms with Crippen LogP contribution in [0.5, 0.6) is 23.0 Å². The minimum absolute atomic E-state index is 0.00426. The highest BCUT2D eigenvalue weighted by molar-refractivity contribution is 6.04. The van der Waals surface area contributed by atoms with E-state index >= 15 is 0 Å². The van der Waals surface area contributed by atoms with E-state index in [9.17, 15) is 4.79 Å². The number of hydrogen-bond donors (Lipinski definition) is 0. The van der Waals surface area contributed by atoms with Crippen molar-refractivity contribution < 1.29 is 19.0 Å². The van der Waals surface area contributed by atoms with E-state index in [4.69, 9.17) is 19.2 Å². The summed E-state index contributed by atoms with van der Waals surface area (Å²) in [6.45, 7) is 3.95. The lowest BCUT2D eigenvalue weighted by Crippen LogP contribution is -2.55. The molecule has 3 aromatic carbocycles. The maximum Gasteiger partial charge on any atom is 0.254 e. The molecule has 1 saturated heterocycles. The van der Waals surface area contributed by atoms with Crippen molar-refractivity contribution >= 4 is 17.4 Å². The molecule has 2 aliphatic heterocycles. The monoisotopic (exact) mass is 457 g/mol. The van der Waals surface area contributed by atoms with Gasteiger partial charge in [0.2, 0.25) is 0 Å². The Hall–Kier alpha value is -4.00. The maximum atomic E-state index is 13.2. The van der Waals surface area contributed by atoms with Gasteiger partial charge in [-0.15, -0.1) is 0 Å². The Morgan fingerprint density at radius 3 is 2.62 bits per heavy atom. The van der Waals surface area contributed by atoms with Crippen molar-refractivity contribution in [3.05, 3.63) is 77.9 Å². The summed E-state index contributed by atoms with van der Waals surface area (Å²) >= 11 is 0. The van der Waals surface area contributed by atoms with Crippen LogP contribution in [0.25, 0.3) is 0 Å². The number of hydrogen-bond acceptors (Lipinski definition) is 6. The molecule has 34 heavy (non-hydrogen) atoms. The van der Waals surface area contributed by atoms with E-state index < -0.39 is 0 Å². The van der Waals surface area contributed by atoms with Crippen LogP contribution < -0.4 is 14.2 Å². The quantitative estimate of drug-likeness (QED) is 0.569. The number of amidine groups is 1. The summed E-state index contributed by atoms with van der Waals surface area (Å²) in [5.41, 5.74) is 2.26. The first-order valence-corrected chi connectivity index (χ1v) is 11.3. The van der Waals surface area contributed by atoms with Gasteiger partial charge in [-0.1, -0.05) is 24.3 Å². The number of benzene rings is 3. The molecule has 0 aliphatic carbocycles. The maximum absolute atomic E-state index is 13.2. The summed E-state index contributed by atoms with van der Waals surface area (Å²) in [7, 11) is 3.24. The van der Waals surface area contributed by atoms with Crippen molar-refractivity contribution in [1.82, 2.24) is 9.80 Å². The van der Waals surface area contributed by atoms with Gasteiger partial charge in [0.05, 0.1) is 19.8 Å². The number of aliphatic imine (C=N–C) groups is 1. The van der Waals surface area contributed by atoms with Gasteiger partial charge in [0, 0.05) is 31.2 Å². The molecule has 0 bridgehead atoms. The van der Waals surface area contributed by atoms with E-state index in [1.807, 2.05) is 65.6 Å². The van der Waals surface area contributed by atoms with E-state index in [0.717, 1.165) is 17.1 Å². The van der Waals surface area contributed by atoms with Crippen LogP contribution >= 0.6 is 0 Å². The van der Waals surface area contributed by atoms with E-state index in [-0.39, 0.29) is 11.9 Å². The van der Waals surface area contributed by atoms with Crippen molar-refractivity contribution in [2.45, 2.75) is 13.0 Å². The number of para-hydroxylation sites is 3. The summed E-state index contributed by atoms with van der Waals surface area (Å²) < 4.78 is 17.2. The van der Waals surface area contributed by atoms with Crippen LogP contribution in [0.3, 0.4) is 0 Å². The van der Waals surface area contributed by atoms with Gasteiger partial charge in [0.25, 0.3) is 5.91 Å². The Balaban J connectivity index is 1.46. The molecule has 0 unspecified atom stereocenters. The SMILES string of the molecule is COc1cccc(C(=O)N2CCN(C3=Nc4ccccc4Oc4c(OC)cccc43)C[C@H]2C)c1. The van der Waals surface area contributed by atoms with Gasteiger partial charge < -0.3 is 24.0 Å². The largest absolute Gasteiger partial charge is 0.497 e. The molecule has 0 N–H and O–H groups in total. The molecule has 3 aromatic rings. The Labute approximate surface area is 199 Å². The highest BCUT2D eigenvalue weighted by Crippen LogP contribution is 2.42. The van der Waals surface area contributed by atoms with E-state index in [2.05, 4.69) is 11.8 Å². The zero-order valence-electron chi connectivity index (χ0n) is 19.5. The highest BCUT2D eigenvalue weighted by Gasteiger charge is 2.32. The van der Waals surface area contributed by atoms with E-state index in [0.29, 0.717) is 48.2 Å². The Kier molecular flexibility index (Phi) is 5.84. The lowest BCUT2D eigenvalue weighted by atomic mass is 10.1. The van der Waals surface area contributed by atoms with E-state index in [1.54, 1.807) is 20.3 Å². The Morgan fingerprint density at radius 1 is 1.00 bits per heavy atom. The number of nitrogens with zero attached hydrogens (tertiary/aromatic N) is 3. The number of carbonyl (C=O) groups excluding carboxylic acids is 1. The lowest BCUT2D eigenvalue weighted by molar-refractivity contribution is 0.0581. The van der Waals surface area contributed by atoms with Crippen molar-refractivity contribution in [3.63, 3.8) is 0 Å². The number of methoxy groups -OCH3 is 2. The predicted octanol–water partition coefficient (Wildman–Crippen LogP) is 4.73. The van der Waals surface area contributed by atoms with Crippen LogP contribution in [0.2, 0.25) is 0 Å². The summed E-state index contributed by atoms with van der Waals surface area (Å²) in [5.74, 6) is 3.49. The number of amides is 1. The zero-order chi connectivity index (χ0) is 23.7. The molecule has 5 rings (SSSR count). The van der Waals surface area contributed by atoms with Gasteiger partial charge in [-0.2, -0.15) is 0 Å². The zero-order valence-corrected chi connectivity index (χ0v) is 19.5. The van der Waals surface area contributed by atoms with Crippen LogP contribution in [0, 0.1) is 0 Å². The molecular formula is C27H27N3O4. The minimum Gasteiger partial charge on any atom is -0.497 e. The molecule has 1 fully saturated rings. The van der Waals surface area contributed by atoms with Gasteiger partial charge >= 0.3 is 0 Å². The van der Waals surface area contributed by atoms with Crippen LogP contribution in [0.15, 0.2) is 71.7 Å². The average Bonchev–Trinajstić information content (AvgIpc) is 3.05. The molecule has 2 heterocycles. The number of carbonyl (C=O) groups is 1. The number of rotatable bonds is 3. The number of piperazine rings is 1. The van der Waals surface area contributed by atoms with Crippen LogP contribution in [0.4, 0.5) is 5.69 Å². The van der Waals surface area contributed by atoms with Crippen molar-refractivity contribution in [1.29, 1.82) is 0 Å². The summed E-state index contributed by atoms with van der Waals surface area (Å²) in [6.07, 6.45) is 0. The molecule has 7 nitrogen and oxygen atoms in total. The number of fused-ring (bicyclic) bond motifs is 2. The second-order valence-corrected chi connectivity index (χ2v) is 8.37. The van der Waals surface area contributed by atoms with Gasteiger partial charge in [0.1, 0.15) is 17.3 Å². The standard InChI is InChI=1S/C27H27N3O4/c1-18-17-29(14-15-30(18)27(31)19-8-6-9-20(16-19)32-2)26-21-10-7-13-24(33-3)25(21)34-23-12-5-4-11-22(23)28-26/h4-13,16,18H,14-15,17H2,1-3H3/t18-/m1/s1. The topological polar surface area (TPSA) is 63.6 Å². The summed E-state index contributed by atoms with van der Waals surface area (Å²) in [6, 6.07) is 20.8. The first-order valence-electron chi connectivity index (χ1n) is 11.3. The lowest BCUT2D eigenvalue weighted by Gasteiger charge is -2.41. The Morgan fingerprint density at radius 2 is 1.82 bits per heavy atom. The molecule has 0 saturated carbocycles.